The van der Waals surface area contributed by atoms with Crippen molar-refractivity contribution in [3.63, 3.8) is 0 Å². The summed E-state index contributed by atoms with van der Waals surface area (Å²) in [5.74, 6) is 0.912. The number of ether oxygens (including phenoxy) is 2. The molecule has 138 valence electrons. The molecule has 4 nitrogen and oxygen atoms in total. The summed E-state index contributed by atoms with van der Waals surface area (Å²) in [4.78, 5) is 14.0. The minimum atomic E-state index is -0.207. The zero-order chi connectivity index (χ0) is 19.1. The number of amides is 1. The predicted octanol–water partition coefficient (Wildman–Crippen LogP) is 4.84. The van der Waals surface area contributed by atoms with E-state index in [1.165, 1.54) is 0 Å². The van der Waals surface area contributed by atoms with Gasteiger partial charge in [0.25, 0.3) is 5.91 Å². The zero-order valence-electron chi connectivity index (χ0n) is 15.1. The van der Waals surface area contributed by atoms with Crippen molar-refractivity contribution in [2.24, 2.45) is 0 Å². The van der Waals surface area contributed by atoms with Crippen molar-refractivity contribution >= 4 is 17.2 Å². The van der Waals surface area contributed by atoms with Gasteiger partial charge in [0.15, 0.2) is 11.5 Å². The van der Waals surface area contributed by atoms with Crippen LogP contribution in [0, 0.1) is 0 Å². The SMILES string of the molecule is C=CCOc1ccc(C(=O)N[C@H](c2ccccc2)c2cccs2)cc1OC. The molecule has 0 unspecified atom stereocenters. The van der Waals surface area contributed by atoms with Crippen molar-refractivity contribution in [1.29, 1.82) is 0 Å². The molecule has 27 heavy (non-hydrogen) atoms. The largest absolute Gasteiger partial charge is 0.493 e. The molecule has 1 N–H and O–H groups in total. The summed E-state index contributed by atoms with van der Waals surface area (Å²) in [6, 6.07) is 18.9. The summed E-state index contributed by atoms with van der Waals surface area (Å²) < 4.78 is 10.9. The molecular weight excluding hydrogens is 358 g/mol. The number of rotatable bonds is 8. The molecule has 3 aromatic rings. The number of methoxy groups -OCH3 is 1. The third-order valence-corrected chi connectivity index (χ3v) is 4.96. The predicted molar refractivity (Wildman–Crippen MR) is 109 cm³/mol. The first-order chi connectivity index (χ1) is 13.2. The number of hydrogen-bond donors (Lipinski definition) is 1. The van der Waals surface area contributed by atoms with Crippen LogP contribution in [0.1, 0.15) is 26.8 Å². The third kappa shape index (κ3) is 4.57. The summed E-state index contributed by atoms with van der Waals surface area (Å²) in [7, 11) is 1.55. The second-order valence-corrected chi connectivity index (χ2v) is 6.78. The van der Waals surface area contributed by atoms with Crippen LogP contribution in [0.25, 0.3) is 0 Å². The Balaban J connectivity index is 1.85. The molecular formula is C22H21NO3S. The van der Waals surface area contributed by atoms with Crippen molar-refractivity contribution in [1.82, 2.24) is 5.32 Å². The van der Waals surface area contributed by atoms with Gasteiger partial charge in [0, 0.05) is 10.4 Å². The van der Waals surface area contributed by atoms with Gasteiger partial charge in [-0.15, -0.1) is 11.3 Å². The Labute approximate surface area is 163 Å². The second-order valence-electron chi connectivity index (χ2n) is 5.80. The quantitative estimate of drug-likeness (QED) is 0.570. The zero-order valence-corrected chi connectivity index (χ0v) is 15.9. The molecule has 0 saturated carbocycles. The molecule has 0 radical (unpaired) electrons. The molecule has 1 atom stereocenters. The van der Waals surface area contributed by atoms with E-state index in [0.29, 0.717) is 23.7 Å². The van der Waals surface area contributed by atoms with E-state index in [9.17, 15) is 4.79 Å². The smallest absolute Gasteiger partial charge is 0.252 e. The molecule has 0 bridgehead atoms. The van der Waals surface area contributed by atoms with Gasteiger partial charge in [0.2, 0.25) is 0 Å². The van der Waals surface area contributed by atoms with Gasteiger partial charge in [-0.2, -0.15) is 0 Å². The van der Waals surface area contributed by atoms with E-state index in [1.807, 2.05) is 47.8 Å². The molecule has 1 amide bonds. The molecule has 1 aromatic heterocycles. The number of carbonyl (C=O) groups excluding carboxylic acids is 1. The van der Waals surface area contributed by atoms with Crippen molar-refractivity contribution in [3.8, 4) is 11.5 Å². The van der Waals surface area contributed by atoms with Crippen LogP contribution in [0.15, 0.2) is 78.7 Å². The fourth-order valence-electron chi connectivity index (χ4n) is 2.71. The lowest BCUT2D eigenvalue weighted by atomic mass is 10.0. The molecule has 0 aliphatic heterocycles. The van der Waals surface area contributed by atoms with Gasteiger partial charge in [0.1, 0.15) is 6.61 Å². The Morgan fingerprint density at radius 3 is 2.63 bits per heavy atom. The molecule has 5 heteroatoms. The molecule has 0 aliphatic carbocycles. The van der Waals surface area contributed by atoms with Gasteiger partial charge in [-0.3, -0.25) is 4.79 Å². The number of nitrogens with one attached hydrogen (secondary N) is 1. The molecule has 2 aromatic carbocycles. The summed E-state index contributed by atoms with van der Waals surface area (Å²) in [5.41, 5.74) is 1.54. The molecule has 0 fully saturated rings. The van der Waals surface area contributed by atoms with E-state index in [2.05, 4.69) is 11.9 Å². The van der Waals surface area contributed by atoms with Crippen molar-refractivity contribution < 1.29 is 14.3 Å². The standard InChI is InChI=1S/C22H21NO3S/c1-3-13-26-18-12-11-17(15-19(18)25-2)22(24)23-21(20-10-7-14-27-20)16-8-5-4-6-9-16/h3-12,14-15,21H,1,13H2,2H3,(H,23,24)/t21-/m1/s1. The topological polar surface area (TPSA) is 47.6 Å². The minimum Gasteiger partial charge on any atom is -0.493 e. The Morgan fingerprint density at radius 2 is 1.96 bits per heavy atom. The molecule has 0 saturated heterocycles. The highest BCUT2D eigenvalue weighted by molar-refractivity contribution is 7.10. The van der Waals surface area contributed by atoms with Crippen molar-refractivity contribution in [2.75, 3.05) is 13.7 Å². The first-order valence-corrected chi connectivity index (χ1v) is 9.42. The fraction of sp³-hybridized carbons (Fsp3) is 0.136. The van der Waals surface area contributed by atoms with Gasteiger partial charge in [-0.05, 0) is 35.2 Å². The maximum absolute atomic E-state index is 12.9. The average molecular weight is 379 g/mol. The van der Waals surface area contributed by atoms with E-state index in [4.69, 9.17) is 9.47 Å². The van der Waals surface area contributed by atoms with E-state index in [-0.39, 0.29) is 11.9 Å². The first kappa shape index (κ1) is 18.7. The lowest BCUT2D eigenvalue weighted by molar-refractivity contribution is 0.0943. The second kappa shape index (κ2) is 9.05. The van der Waals surface area contributed by atoms with Crippen LogP contribution in [0.3, 0.4) is 0 Å². The lowest BCUT2D eigenvalue weighted by Crippen LogP contribution is -2.28. The van der Waals surface area contributed by atoms with Crippen LogP contribution in [0.4, 0.5) is 0 Å². The Kier molecular flexibility index (Phi) is 6.28. The molecule has 1 heterocycles. The maximum Gasteiger partial charge on any atom is 0.252 e. The van der Waals surface area contributed by atoms with Gasteiger partial charge in [0.05, 0.1) is 13.2 Å². The van der Waals surface area contributed by atoms with Gasteiger partial charge >= 0.3 is 0 Å². The summed E-state index contributed by atoms with van der Waals surface area (Å²) in [6.07, 6.45) is 1.66. The minimum absolute atomic E-state index is 0.175. The van der Waals surface area contributed by atoms with Gasteiger partial charge in [-0.25, -0.2) is 0 Å². The number of carbonyl (C=O) groups is 1. The van der Waals surface area contributed by atoms with Crippen LogP contribution in [0.5, 0.6) is 11.5 Å². The van der Waals surface area contributed by atoms with Crippen LogP contribution >= 0.6 is 11.3 Å². The van der Waals surface area contributed by atoms with E-state index < -0.39 is 0 Å². The number of hydrogen-bond acceptors (Lipinski definition) is 4. The average Bonchev–Trinajstić information content (AvgIpc) is 3.25. The van der Waals surface area contributed by atoms with Crippen LogP contribution < -0.4 is 14.8 Å². The molecule has 0 spiro atoms. The fourth-order valence-corrected chi connectivity index (χ4v) is 3.51. The highest BCUT2D eigenvalue weighted by atomic mass is 32.1. The van der Waals surface area contributed by atoms with E-state index in [1.54, 1.807) is 42.7 Å². The normalized spacial score (nSPS) is 11.4. The maximum atomic E-state index is 12.9. The summed E-state index contributed by atoms with van der Waals surface area (Å²) >= 11 is 1.61. The summed E-state index contributed by atoms with van der Waals surface area (Å²) in [6.45, 7) is 4.01. The Morgan fingerprint density at radius 1 is 1.15 bits per heavy atom. The van der Waals surface area contributed by atoms with E-state index >= 15 is 0 Å². The van der Waals surface area contributed by atoms with Crippen LogP contribution in [-0.4, -0.2) is 19.6 Å². The Bertz CT molecular complexity index is 891. The monoisotopic (exact) mass is 379 g/mol. The third-order valence-electron chi connectivity index (χ3n) is 4.02. The lowest BCUT2D eigenvalue weighted by Gasteiger charge is -2.19. The first-order valence-electron chi connectivity index (χ1n) is 8.54. The highest BCUT2D eigenvalue weighted by Gasteiger charge is 2.19. The van der Waals surface area contributed by atoms with Crippen LogP contribution in [0.2, 0.25) is 0 Å². The van der Waals surface area contributed by atoms with Crippen LogP contribution in [-0.2, 0) is 0 Å². The molecule has 0 aliphatic rings. The summed E-state index contributed by atoms with van der Waals surface area (Å²) in [5, 5.41) is 5.13. The highest BCUT2D eigenvalue weighted by Crippen LogP contribution is 2.30. The number of benzene rings is 2. The van der Waals surface area contributed by atoms with Crippen molar-refractivity contribution in [3.05, 3.63) is 94.7 Å². The van der Waals surface area contributed by atoms with E-state index in [0.717, 1.165) is 10.4 Å². The van der Waals surface area contributed by atoms with Gasteiger partial charge in [-0.1, -0.05) is 49.1 Å². The van der Waals surface area contributed by atoms with Gasteiger partial charge < -0.3 is 14.8 Å². The number of thiophene rings is 1. The van der Waals surface area contributed by atoms with Crippen molar-refractivity contribution in [2.45, 2.75) is 6.04 Å². The Hall–Kier alpha value is -3.05. The molecule has 3 rings (SSSR count).